The van der Waals surface area contributed by atoms with E-state index in [1.54, 1.807) is 0 Å². The van der Waals surface area contributed by atoms with E-state index in [0.29, 0.717) is 25.2 Å². The average Bonchev–Trinajstić information content (AvgIpc) is 2.00. The van der Waals surface area contributed by atoms with Crippen molar-refractivity contribution in [3.8, 4) is 0 Å². The first-order valence-corrected chi connectivity index (χ1v) is 4.88. The molecule has 2 N–H and O–H groups in total. The second-order valence-corrected chi connectivity index (χ2v) is 3.95. The summed E-state index contributed by atoms with van der Waals surface area (Å²) in [5, 5.41) is 17.2. The van der Waals surface area contributed by atoms with Gasteiger partial charge in [0.1, 0.15) is 0 Å². The van der Waals surface area contributed by atoms with E-state index in [0.717, 1.165) is 0 Å². The Morgan fingerprint density at radius 1 is 1.21 bits per heavy atom. The fourth-order valence-corrected chi connectivity index (χ4v) is 1.41. The van der Waals surface area contributed by atoms with Gasteiger partial charge in [-0.3, -0.25) is 9.59 Å². The minimum absolute atomic E-state index is 0.0574. The highest BCUT2D eigenvalue weighted by molar-refractivity contribution is 5.70. The van der Waals surface area contributed by atoms with Crippen molar-refractivity contribution in [2.24, 2.45) is 11.8 Å². The lowest BCUT2D eigenvalue weighted by Crippen LogP contribution is -2.16. The molecule has 0 fully saturated rings. The third-order valence-corrected chi connectivity index (χ3v) is 2.05. The summed E-state index contributed by atoms with van der Waals surface area (Å²) in [4.78, 5) is 21.0. The van der Waals surface area contributed by atoms with Crippen LogP contribution in [0.5, 0.6) is 0 Å². The van der Waals surface area contributed by atoms with Crippen LogP contribution < -0.4 is 0 Å². The quantitative estimate of drug-likeness (QED) is 0.662. The second kappa shape index (κ2) is 6.40. The number of carboxylic acid groups (broad SMARTS) is 2. The number of aliphatic carboxylic acids is 2. The predicted octanol–water partition coefficient (Wildman–Crippen LogP) is 1.99. The molecule has 0 aliphatic rings. The molecule has 1 unspecified atom stereocenters. The maximum Gasteiger partial charge on any atom is 0.306 e. The molecule has 0 amide bonds. The zero-order chi connectivity index (χ0) is 11.1. The van der Waals surface area contributed by atoms with Gasteiger partial charge in [0.25, 0.3) is 0 Å². The molecule has 0 aliphatic carbocycles. The summed E-state index contributed by atoms with van der Waals surface area (Å²) in [7, 11) is 0. The zero-order valence-corrected chi connectivity index (χ0v) is 8.69. The van der Waals surface area contributed by atoms with Gasteiger partial charge in [-0.1, -0.05) is 13.8 Å². The Morgan fingerprint density at radius 3 is 2.14 bits per heavy atom. The highest BCUT2D eigenvalue weighted by Crippen LogP contribution is 2.18. The van der Waals surface area contributed by atoms with Crippen LogP contribution in [0.1, 0.15) is 39.5 Å². The molecule has 4 heteroatoms. The maximum absolute atomic E-state index is 10.8. The van der Waals surface area contributed by atoms with E-state index in [9.17, 15) is 9.59 Å². The Kier molecular flexibility index (Phi) is 5.92. The first-order valence-electron chi connectivity index (χ1n) is 4.88. The monoisotopic (exact) mass is 202 g/mol. The van der Waals surface area contributed by atoms with E-state index >= 15 is 0 Å². The number of hydrogen-bond acceptors (Lipinski definition) is 2. The fourth-order valence-electron chi connectivity index (χ4n) is 1.41. The van der Waals surface area contributed by atoms with Crippen LogP contribution >= 0.6 is 0 Å². The first kappa shape index (κ1) is 12.9. The van der Waals surface area contributed by atoms with Gasteiger partial charge in [-0.25, -0.2) is 0 Å². The van der Waals surface area contributed by atoms with Gasteiger partial charge in [0.05, 0.1) is 5.92 Å². The molecule has 0 spiro atoms. The number of rotatable bonds is 7. The molecule has 0 aliphatic heterocycles. The lowest BCUT2D eigenvalue weighted by molar-refractivity contribution is -0.143. The van der Waals surface area contributed by atoms with E-state index < -0.39 is 17.9 Å². The molecule has 0 aromatic heterocycles. The summed E-state index contributed by atoms with van der Waals surface area (Å²) in [5.74, 6) is -1.74. The van der Waals surface area contributed by atoms with Crippen LogP contribution in [0.3, 0.4) is 0 Å². The van der Waals surface area contributed by atoms with Crippen molar-refractivity contribution in [3.63, 3.8) is 0 Å². The van der Waals surface area contributed by atoms with Crippen molar-refractivity contribution in [2.75, 3.05) is 0 Å². The minimum Gasteiger partial charge on any atom is -0.481 e. The molecule has 0 aromatic rings. The van der Waals surface area contributed by atoms with Crippen molar-refractivity contribution in [1.29, 1.82) is 0 Å². The Bertz CT molecular complexity index is 198. The lowest BCUT2D eigenvalue weighted by atomic mass is 9.92. The average molecular weight is 202 g/mol. The summed E-state index contributed by atoms with van der Waals surface area (Å²) >= 11 is 0. The topological polar surface area (TPSA) is 74.6 Å². The van der Waals surface area contributed by atoms with E-state index in [4.69, 9.17) is 10.2 Å². The molecule has 4 nitrogen and oxygen atoms in total. The van der Waals surface area contributed by atoms with Gasteiger partial charge in [0.2, 0.25) is 0 Å². The molecule has 0 aromatic carbocycles. The number of hydrogen-bond donors (Lipinski definition) is 2. The van der Waals surface area contributed by atoms with E-state index in [2.05, 4.69) is 0 Å². The highest BCUT2D eigenvalue weighted by atomic mass is 16.4. The van der Waals surface area contributed by atoms with Gasteiger partial charge in [-0.05, 0) is 25.2 Å². The summed E-state index contributed by atoms with van der Waals surface area (Å²) in [6, 6.07) is 0. The van der Waals surface area contributed by atoms with Crippen molar-refractivity contribution < 1.29 is 19.8 Å². The highest BCUT2D eigenvalue weighted by Gasteiger charge is 2.18. The molecule has 0 bridgehead atoms. The fraction of sp³-hybridized carbons (Fsp3) is 0.800. The molecule has 0 heterocycles. The molecule has 82 valence electrons. The van der Waals surface area contributed by atoms with Crippen LogP contribution in [0, 0.1) is 11.8 Å². The van der Waals surface area contributed by atoms with Crippen LogP contribution in [0.2, 0.25) is 0 Å². The Morgan fingerprint density at radius 2 is 1.79 bits per heavy atom. The Balaban J connectivity index is 3.85. The number of carboxylic acids is 2. The first-order chi connectivity index (χ1) is 6.43. The third-order valence-electron chi connectivity index (χ3n) is 2.05. The van der Waals surface area contributed by atoms with Gasteiger partial charge in [0, 0.05) is 6.42 Å². The molecule has 0 rings (SSSR count). The van der Waals surface area contributed by atoms with Crippen LogP contribution in [-0.2, 0) is 9.59 Å². The SMILES string of the molecule is CC(C)CC(CCCC(=O)O)C(=O)O. The molecular formula is C10H18O4. The molecular weight excluding hydrogens is 184 g/mol. The molecule has 0 radical (unpaired) electrons. The van der Waals surface area contributed by atoms with Gasteiger partial charge in [-0.15, -0.1) is 0 Å². The molecule has 0 saturated heterocycles. The van der Waals surface area contributed by atoms with E-state index in [-0.39, 0.29) is 6.42 Å². The van der Waals surface area contributed by atoms with Crippen LogP contribution in [0.15, 0.2) is 0 Å². The second-order valence-electron chi connectivity index (χ2n) is 3.95. The summed E-state index contributed by atoms with van der Waals surface area (Å²) < 4.78 is 0. The van der Waals surface area contributed by atoms with Crippen molar-refractivity contribution in [3.05, 3.63) is 0 Å². The summed E-state index contributed by atoms with van der Waals surface area (Å²) in [6.45, 7) is 3.93. The molecule has 1 atom stereocenters. The van der Waals surface area contributed by atoms with Gasteiger partial charge >= 0.3 is 11.9 Å². The standard InChI is InChI=1S/C10H18O4/c1-7(2)6-8(10(13)14)4-3-5-9(11)12/h7-8H,3-6H2,1-2H3,(H,11,12)(H,13,14). The largest absolute Gasteiger partial charge is 0.481 e. The Labute approximate surface area is 83.9 Å². The third kappa shape index (κ3) is 6.46. The van der Waals surface area contributed by atoms with E-state index in [1.807, 2.05) is 13.8 Å². The summed E-state index contributed by atoms with van der Waals surface area (Å²) in [5.41, 5.74) is 0. The van der Waals surface area contributed by atoms with Crippen LogP contribution in [-0.4, -0.2) is 22.2 Å². The smallest absolute Gasteiger partial charge is 0.306 e. The number of carbonyl (C=O) groups is 2. The summed E-state index contributed by atoms with van der Waals surface area (Å²) in [6.07, 6.45) is 1.58. The van der Waals surface area contributed by atoms with Gasteiger partial charge in [-0.2, -0.15) is 0 Å². The molecule has 14 heavy (non-hydrogen) atoms. The van der Waals surface area contributed by atoms with Crippen LogP contribution in [0.4, 0.5) is 0 Å². The Hall–Kier alpha value is -1.06. The zero-order valence-electron chi connectivity index (χ0n) is 8.69. The molecule has 0 saturated carbocycles. The lowest BCUT2D eigenvalue weighted by Gasteiger charge is -2.13. The normalized spacial score (nSPS) is 12.8. The van der Waals surface area contributed by atoms with E-state index in [1.165, 1.54) is 0 Å². The van der Waals surface area contributed by atoms with Gasteiger partial charge < -0.3 is 10.2 Å². The van der Waals surface area contributed by atoms with Crippen molar-refractivity contribution >= 4 is 11.9 Å². The maximum atomic E-state index is 10.8. The van der Waals surface area contributed by atoms with Crippen molar-refractivity contribution in [2.45, 2.75) is 39.5 Å². The predicted molar refractivity (Wildman–Crippen MR) is 52.1 cm³/mol. The van der Waals surface area contributed by atoms with Crippen molar-refractivity contribution in [1.82, 2.24) is 0 Å². The van der Waals surface area contributed by atoms with Gasteiger partial charge in [0.15, 0.2) is 0 Å². The minimum atomic E-state index is -0.862. The van der Waals surface area contributed by atoms with Crippen LogP contribution in [0.25, 0.3) is 0 Å².